The van der Waals surface area contributed by atoms with Crippen LogP contribution in [-0.2, 0) is 4.79 Å². The second kappa shape index (κ2) is 10.7. The molecule has 0 aliphatic carbocycles. The van der Waals surface area contributed by atoms with Gasteiger partial charge >= 0.3 is 0 Å². The first-order valence-corrected chi connectivity index (χ1v) is 9.42. The van der Waals surface area contributed by atoms with Crippen molar-refractivity contribution in [3.05, 3.63) is 0 Å². The fourth-order valence-electron chi connectivity index (χ4n) is 2.44. The zero-order chi connectivity index (χ0) is 16.4. The summed E-state index contributed by atoms with van der Waals surface area (Å²) in [7, 11) is 1.83. The third-order valence-corrected chi connectivity index (χ3v) is 4.21. The lowest BCUT2D eigenvalue weighted by Crippen LogP contribution is -2.54. The van der Waals surface area contributed by atoms with Gasteiger partial charge in [0.05, 0.1) is 6.54 Å². The first-order valence-electron chi connectivity index (χ1n) is 8.03. The quantitative estimate of drug-likeness (QED) is 0.404. The van der Waals surface area contributed by atoms with Crippen molar-refractivity contribution in [2.75, 3.05) is 58.3 Å². The number of amides is 1. The van der Waals surface area contributed by atoms with Crippen molar-refractivity contribution >= 4 is 23.6 Å². The van der Waals surface area contributed by atoms with Gasteiger partial charge in [-0.15, -0.1) is 0 Å². The van der Waals surface area contributed by atoms with E-state index in [0.29, 0.717) is 6.54 Å². The van der Waals surface area contributed by atoms with E-state index in [0.717, 1.165) is 45.1 Å². The number of hydrogen-bond acceptors (Lipinski definition) is 4. The van der Waals surface area contributed by atoms with E-state index in [9.17, 15) is 4.79 Å². The molecule has 0 aromatic rings. The van der Waals surface area contributed by atoms with Crippen LogP contribution >= 0.6 is 11.8 Å². The molecule has 1 heterocycles. The monoisotopic (exact) mass is 329 g/mol. The molecule has 0 saturated carbocycles. The number of carbonyl (C=O) groups is 1. The van der Waals surface area contributed by atoms with Crippen LogP contribution in [0.2, 0.25) is 0 Å². The minimum Gasteiger partial charge on any atom is -0.356 e. The maximum absolute atomic E-state index is 11.8. The zero-order valence-corrected chi connectivity index (χ0v) is 15.2. The summed E-state index contributed by atoms with van der Waals surface area (Å²) in [5.41, 5.74) is 0. The molecule has 0 aromatic carbocycles. The molecule has 1 rings (SSSR count). The smallest absolute Gasteiger partial charge is 0.234 e. The molecule has 22 heavy (non-hydrogen) atoms. The number of carbonyl (C=O) groups excluding carboxylic acids is 1. The van der Waals surface area contributed by atoms with E-state index in [4.69, 9.17) is 0 Å². The number of nitrogens with one attached hydrogen (secondary N) is 2. The average molecular weight is 330 g/mol. The normalized spacial score (nSPS) is 17.0. The number of aliphatic imine (C=N–C) groups is 1. The van der Waals surface area contributed by atoms with Crippen LogP contribution in [0.25, 0.3) is 0 Å². The zero-order valence-electron chi connectivity index (χ0n) is 14.4. The highest BCUT2D eigenvalue weighted by Crippen LogP contribution is 2.02. The standard InChI is InChI=1S/C15H31N5OS/c1-13(2)18-14(21)12-19-7-9-20(10-8-19)15(16-3)17-6-5-11-22-4/h13H,5-12H2,1-4H3,(H,16,17)(H,18,21). The summed E-state index contributed by atoms with van der Waals surface area (Å²) in [6.07, 6.45) is 3.28. The molecule has 0 aromatic heterocycles. The highest BCUT2D eigenvalue weighted by Gasteiger charge is 2.21. The van der Waals surface area contributed by atoms with Gasteiger partial charge in [0, 0.05) is 45.8 Å². The average Bonchev–Trinajstić information content (AvgIpc) is 2.48. The maximum atomic E-state index is 11.8. The minimum atomic E-state index is 0.114. The molecule has 0 unspecified atom stereocenters. The largest absolute Gasteiger partial charge is 0.356 e. The molecule has 1 amide bonds. The second-order valence-electron chi connectivity index (χ2n) is 5.81. The fourth-order valence-corrected chi connectivity index (χ4v) is 2.87. The SMILES string of the molecule is CN=C(NCCCSC)N1CCN(CC(=O)NC(C)C)CC1. The lowest BCUT2D eigenvalue weighted by molar-refractivity contribution is -0.123. The molecule has 128 valence electrons. The van der Waals surface area contributed by atoms with Gasteiger partial charge in [0.25, 0.3) is 0 Å². The Kier molecular flexibility index (Phi) is 9.31. The molecule has 1 saturated heterocycles. The van der Waals surface area contributed by atoms with Gasteiger partial charge in [0.1, 0.15) is 0 Å². The summed E-state index contributed by atoms with van der Waals surface area (Å²) in [5, 5.41) is 6.36. The Bertz CT molecular complexity index is 354. The minimum absolute atomic E-state index is 0.114. The second-order valence-corrected chi connectivity index (χ2v) is 6.79. The summed E-state index contributed by atoms with van der Waals surface area (Å²) in [6.45, 7) is 9.06. The van der Waals surface area contributed by atoms with Crippen LogP contribution in [0.15, 0.2) is 4.99 Å². The van der Waals surface area contributed by atoms with E-state index in [1.165, 1.54) is 5.75 Å². The number of hydrogen-bond donors (Lipinski definition) is 2. The molecule has 7 heteroatoms. The van der Waals surface area contributed by atoms with Gasteiger partial charge < -0.3 is 15.5 Å². The van der Waals surface area contributed by atoms with Gasteiger partial charge in [-0.05, 0) is 32.3 Å². The van der Waals surface area contributed by atoms with Crippen LogP contribution in [0, 0.1) is 0 Å². The van der Waals surface area contributed by atoms with Crippen molar-refractivity contribution < 1.29 is 4.79 Å². The third-order valence-electron chi connectivity index (χ3n) is 3.51. The van der Waals surface area contributed by atoms with Crippen molar-refractivity contribution in [3.8, 4) is 0 Å². The highest BCUT2D eigenvalue weighted by molar-refractivity contribution is 7.98. The molecule has 0 atom stereocenters. The van der Waals surface area contributed by atoms with Gasteiger partial charge in [0.2, 0.25) is 5.91 Å². The lowest BCUT2D eigenvalue weighted by Gasteiger charge is -2.36. The Morgan fingerprint density at radius 3 is 2.50 bits per heavy atom. The van der Waals surface area contributed by atoms with Gasteiger partial charge in [-0.1, -0.05) is 0 Å². The van der Waals surface area contributed by atoms with Gasteiger partial charge in [-0.2, -0.15) is 11.8 Å². The first-order chi connectivity index (χ1) is 10.6. The number of piperazine rings is 1. The lowest BCUT2D eigenvalue weighted by atomic mass is 10.3. The first kappa shape index (κ1) is 19.1. The van der Waals surface area contributed by atoms with Crippen LogP contribution in [-0.4, -0.2) is 86.0 Å². The predicted molar refractivity (Wildman–Crippen MR) is 95.7 cm³/mol. The Hall–Kier alpha value is -0.950. The fraction of sp³-hybridized carbons (Fsp3) is 0.867. The Balaban J connectivity index is 2.29. The van der Waals surface area contributed by atoms with Crippen LogP contribution < -0.4 is 10.6 Å². The van der Waals surface area contributed by atoms with E-state index in [-0.39, 0.29) is 11.9 Å². The summed E-state index contributed by atoms with van der Waals surface area (Å²) in [5.74, 6) is 2.26. The maximum Gasteiger partial charge on any atom is 0.234 e. The summed E-state index contributed by atoms with van der Waals surface area (Å²) >= 11 is 1.87. The number of guanidine groups is 1. The highest BCUT2D eigenvalue weighted by atomic mass is 32.2. The van der Waals surface area contributed by atoms with E-state index < -0.39 is 0 Å². The topological polar surface area (TPSA) is 60.0 Å². The molecule has 0 bridgehead atoms. The van der Waals surface area contributed by atoms with Crippen molar-refractivity contribution in [1.82, 2.24) is 20.4 Å². The van der Waals surface area contributed by atoms with Crippen LogP contribution in [0.4, 0.5) is 0 Å². The van der Waals surface area contributed by atoms with E-state index in [1.54, 1.807) is 0 Å². The molecular formula is C15H31N5OS. The van der Waals surface area contributed by atoms with E-state index in [2.05, 4.69) is 31.7 Å². The molecule has 2 N–H and O–H groups in total. The molecule has 1 aliphatic rings. The predicted octanol–water partition coefficient (Wildman–Crippen LogP) is 0.457. The molecule has 1 aliphatic heterocycles. The Morgan fingerprint density at radius 2 is 1.95 bits per heavy atom. The van der Waals surface area contributed by atoms with Gasteiger partial charge in [-0.25, -0.2) is 0 Å². The molecule has 0 spiro atoms. The molecule has 0 radical (unpaired) electrons. The van der Waals surface area contributed by atoms with Crippen molar-refractivity contribution in [1.29, 1.82) is 0 Å². The number of nitrogens with zero attached hydrogens (tertiary/aromatic N) is 3. The Labute approximate surface area is 139 Å². The van der Waals surface area contributed by atoms with Crippen molar-refractivity contribution in [2.45, 2.75) is 26.3 Å². The van der Waals surface area contributed by atoms with Gasteiger partial charge in [-0.3, -0.25) is 14.7 Å². The molecule has 1 fully saturated rings. The van der Waals surface area contributed by atoms with Crippen LogP contribution in [0.1, 0.15) is 20.3 Å². The Morgan fingerprint density at radius 1 is 1.27 bits per heavy atom. The summed E-state index contributed by atoms with van der Waals surface area (Å²) in [6, 6.07) is 0.207. The summed E-state index contributed by atoms with van der Waals surface area (Å²) in [4.78, 5) is 20.6. The third kappa shape index (κ3) is 7.35. The van der Waals surface area contributed by atoms with Crippen LogP contribution in [0.3, 0.4) is 0 Å². The number of thioether (sulfide) groups is 1. The molecular weight excluding hydrogens is 298 g/mol. The van der Waals surface area contributed by atoms with Crippen molar-refractivity contribution in [3.63, 3.8) is 0 Å². The van der Waals surface area contributed by atoms with E-state index >= 15 is 0 Å². The van der Waals surface area contributed by atoms with Crippen molar-refractivity contribution in [2.24, 2.45) is 4.99 Å². The molecule has 6 nitrogen and oxygen atoms in total. The summed E-state index contributed by atoms with van der Waals surface area (Å²) < 4.78 is 0. The number of rotatable bonds is 7. The van der Waals surface area contributed by atoms with Gasteiger partial charge in [0.15, 0.2) is 5.96 Å². The van der Waals surface area contributed by atoms with E-state index in [1.807, 2.05) is 32.7 Å². The van der Waals surface area contributed by atoms with Crippen LogP contribution in [0.5, 0.6) is 0 Å².